The minimum absolute atomic E-state index is 0.317. The van der Waals surface area contributed by atoms with Crippen LogP contribution in [0.2, 0.25) is 0 Å². The molecule has 2 aromatic rings. The van der Waals surface area contributed by atoms with Gasteiger partial charge in [-0.05, 0) is 17.7 Å². The van der Waals surface area contributed by atoms with E-state index in [1.54, 1.807) is 12.1 Å². The Morgan fingerprint density at radius 1 is 1.06 bits per heavy atom. The van der Waals surface area contributed by atoms with Crippen molar-refractivity contribution in [2.75, 3.05) is 0 Å². The molecule has 0 aliphatic heterocycles. The van der Waals surface area contributed by atoms with Crippen LogP contribution in [0.25, 0.3) is 0 Å². The molecular weight excluding hydrogens is 211 g/mol. The third kappa shape index (κ3) is 2.44. The van der Waals surface area contributed by atoms with Crippen LogP contribution < -0.4 is 11.2 Å². The van der Waals surface area contributed by atoms with E-state index in [9.17, 15) is 14.0 Å². The Balaban J connectivity index is 2.30. The third-order valence-electron chi connectivity index (χ3n) is 2.12. The van der Waals surface area contributed by atoms with Gasteiger partial charge in [0.15, 0.2) is 0 Å². The van der Waals surface area contributed by atoms with Gasteiger partial charge < -0.3 is 4.98 Å². The summed E-state index contributed by atoms with van der Waals surface area (Å²) < 4.78 is 12.6. The molecule has 0 aliphatic rings. The van der Waals surface area contributed by atoms with E-state index in [4.69, 9.17) is 0 Å². The topological polar surface area (TPSA) is 65.7 Å². The first-order chi connectivity index (χ1) is 7.63. The first kappa shape index (κ1) is 10.4. The first-order valence-electron chi connectivity index (χ1n) is 4.70. The van der Waals surface area contributed by atoms with Crippen molar-refractivity contribution in [3.05, 3.63) is 68.2 Å². The maximum absolute atomic E-state index is 12.6. The van der Waals surface area contributed by atoms with Gasteiger partial charge in [-0.2, -0.15) is 0 Å². The van der Waals surface area contributed by atoms with Gasteiger partial charge in [0.25, 0.3) is 5.56 Å². The number of aromatic nitrogens is 2. The van der Waals surface area contributed by atoms with Gasteiger partial charge >= 0.3 is 5.69 Å². The molecular formula is C11H9FN2O2. The summed E-state index contributed by atoms with van der Waals surface area (Å²) in [7, 11) is 0. The number of benzene rings is 1. The molecule has 16 heavy (non-hydrogen) atoms. The van der Waals surface area contributed by atoms with E-state index in [1.807, 2.05) is 0 Å². The highest BCUT2D eigenvalue weighted by Crippen LogP contribution is 2.06. The number of hydrogen-bond acceptors (Lipinski definition) is 2. The highest BCUT2D eigenvalue weighted by Gasteiger charge is 1.99. The number of nitrogens with one attached hydrogen (secondary N) is 2. The summed E-state index contributed by atoms with van der Waals surface area (Å²) in [6, 6.07) is 7.19. The van der Waals surface area contributed by atoms with E-state index in [1.165, 1.54) is 18.2 Å². The van der Waals surface area contributed by atoms with Crippen molar-refractivity contribution in [1.82, 2.24) is 9.97 Å². The standard InChI is InChI=1S/C11H9FN2O2/c12-8-3-1-7(2-4-8)5-9-6-10(15)14-11(16)13-9/h1-4,6H,5H2,(H2,13,14,15,16). The number of rotatable bonds is 2. The maximum atomic E-state index is 12.6. The Bertz CT molecular complexity index is 570. The van der Waals surface area contributed by atoms with Crippen LogP contribution in [0.4, 0.5) is 4.39 Å². The van der Waals surface area contributed by atoms with Gasteiger partial charge in [-0.3, -0.25) is 9.78 Å². The van der Waals surface area contributed by atoms with Gasteiger partial charge in [-0.1, -0.05) is 12.1 Å². The van der Waals surface area contributed by atoms with Crippen LogP contribution in [0, 0.1) is 5.82 Å². The van der Waals surface area contributed by atoms with Crippen molar-refractivity contribution in [3.8, 4) is 0 Å². The lowest BCUT2D eigenvalue weighted by atomic mass is 10.1. The Morgan fingerprint density at radius 2 is 1.75 bits per heavy atom. The molecule has 82 valence electrons. The van der Waals surface area contributed by atoms with Crippen LogP contribution in [0.15, 0.2) is 39.9 Å². The van der Waals surface area contributed by atoms with Crippen molar-refractivity contribution in [1.29, 1.82) is 0 Å². The van der Waals surface area contributed by atoms with Crippen molar-refractivity contribution in [3.63, 3.8) is 0 Å². The average Bonchev–Trinajstić information content (AvgIpc) is 2.20. The summed E-state index contributed by atoms with van der Waals surface area (Å²) in [5.41, 5.74) is 0.341. The summed E-state index contributed by atoms with van der Waals surface area (Å²) in [6.45, 7) is 0. The molecule has 0 saturated heterocycles. The Labute approximate surface area is 89.8 Å². The molecule has 4 nitrogen and oxygen atoms in total. The number of halogens is 1. The second kappa shape index (κ2) is 4.14. The highest BCUT2D eigenvalue weighted by atomic mass is 19.1. The van der Waals surface area contributed by atoms with Crippen molar-refractivity contribution in [2.24, 2.45) is 0 Å². The largest absolute Gasteiger partial charge is 0.325 e. The number of hydrogen-bond donors (Lipinski definition) is 2. The lowest BCUT2D eigenvalue weighted by Crippen LogP contribution is -2.23. The molecule has 0 unspecified atom stereocenters. The zero-order valence-corrected chi connectivity index (χ0v) is 8.29. The van der Waals surface area contributed by atoms with E-state index in [0.717, 1.165) is 5.56 Å². The lowest BCUT2D eigenvalue weighted by Gasteiger charge is -2.00. The van der Waals surface area contributed by atoms with Gasteiger partial charge in [0, 0.05) is 18.2 Å². The fourth-order valence-electron chi connectivity index (χ4n) is 1.44. The van der Waals surface area contributed by atoms with Gasteiger partial charge in [0.05, 0.1) is 0 Å². The van der Waals surface area contributed by atoms with Crippen molar-refractivity contribution >= 4 is 0 Å². The smallest absolute Gasteiger partial charge is 0.311 e. The summed E-state index contributed by atoms with van der Waals surface area (Å²) in [5, 5.41) is 0. The maximum Gasteiger partial charge on any atom is 0.325 e. The second-order valence-electron chi connectivity index (χ2n) is 3.42. The normalized spacial score (nSPS) is 10.3. The molecule has 0 atom stereocenters. The minimum Gasteiger partial charge on any atom is -0.311 e. The number of aromatic amines is 2. The summed E-state index contributed by atoms with van der Waals surface area (Å²) >= 11 is 0. The van der Waals surface area contributed by atoms with Crippen LogP contribution >= 0.6 is 0 Å². The molecule has 0 amide bonds. The van der Waals surface area contributed by atoms with Gasteiger partial charge in [-0.25, -0.2) is 9.18 Å². The van der Waals surface area contributed by atoms with E-state index in [-0.39, 0.29) is 5.82 Å². The molecule has 0 aliphatic carbocycles. The van der Waals surface area contributed by atoms with E-state index < -0.39 is 11.2 Å². The quantitative estimate of drug-likeness (QED) is 0.785. The van der Waals surface area contributed by atoms with Crippen LogP contribution in [0.5, 0.6) is 0 Å². The molecule has 5 heteroatoms. The van der Waals surface area contributed by atoms with Gasteiger partial charge in [-0.15, -0.1) is 0 Å². The Hall–Kier alpha value is -2.17. The zero-order chi connectivity index (χ0) is 11.5. The SMILES string of the molecule is O=c1cc(Cc2ccc(F)cc2)[nH]c(=O)[nH]1. The van der Waals surface area contributed by atoms with Gasteiger partial charge in [0.2, 0.25) is 0 Å². The van der Waals surface area contributed by atoms with Crippen LogP contribution in [-0.2, 0) is 6.42 Å². The number of H-pyrrole nitrogens is 2. The van der Waals surface area contributed by atoms with Crippen LogP contribution in [-0.4, -0.2) is 9.97 Å². The minimum atomic E-state index is -0.537. The fraction of sp³-hybridized carbons (Fsp3) is 0.0909. The zero-order valence-electron chi connectivity index (χ0n) is 8.29. The molecule has 0 bridgehead atoms. The molecule has 2 N–H and O–H groups in total. The first-order valence-corrected chi connectivity index (χ1v) is 4.70. The van der Waals surface area contributed by atoms with Crippen LogP contribution in [0.3, 0.4) is 0 Å². The summed E-state index contributed by atoms with van der Waals surface area (Å²) in [6.07, 6.45) is 0.388. The summed E-state index contributed by atoms with van der Waals surface area (Å²) in [5.74, 6) is -0.317. The highest BCUT2D eigenvalue weighted by molar-refractivity contribution is 5.21. The Kier molecular flexibility index (Phi) is 2.68. The molecule has 0 radical (unpaired) electrons. The average molecular weight is 220 g/mol. The van der Waals surface area contributed by atoms with Gasteiger partial charge in [0.1, 0.15) is 5.82 Å². The third-order valence-corrected chi connectivity index (χ3v) is 2.12. The molecule has 0 saturated carbocycles. The molecule has 1 aromatic heterocycles. The molecule has 0 fully saturated rings. The molecule has 0 spiro atoms. The molecule has 1 heterocycles. The second-order valence-corrected chi connectivity index (χ2v) is 3.42. The van der Waals surface area contributed by atoms with Crippen molar-refractivity contribution in [2.45, 2.75) is 6.42 Å². The van der Waals surface area contributed by atoms with E-state index in [0.29, 0.717) is 12.1 Å². The summed E-state index contributed by atoms with van der Waals surface area (Å²) in [4.78, 5) is 26.6. The molecule has 1 aromatic carbocycles. The Morgan fingerprint density at radius 3 is 2.38 bits per heavy atom. The lowest BCUT2D eigenvalue weighted by molar-refractivity contribution is 0.627. The predicted octanol–water partition coefficient (Wildman–Crippen LogP) is 0.793. The molecule has 2 rings (SSSR count). The fourth-order valence-corrected chi connectivity index (χ4v) is 1.44. The predicted molar refractivity (Wildman–Crippen MR) is 56.9 cm³/mol. The van der Waals surface area contributed by atoms with Crippen LogP contribution in [0.1, 0.15) is 11.3 Å². The van der Waals surface area contributed by atoms with E-state index in [2.05, 4.69) is 9.97 Å². The monoisotopic (exact) mass is 220 g/mol. The van der Waals surface area contributed by atoms with Crippen molar-refractivity contribution < 1.29 is 4.39 Å². The van der Waals surface area contributed by atoms with E-state index >= 15 is 0 Å².